The SMILES string of the molecule is O=C(NCCn1cc(Cl)cn1)C1CC(=O)N(C2CCCC2)C1. The normalized spacial score (nSPS) is 22.5. The van der Waals surface area contributed by atoms with E-state index in [2.05, 4.69) is 10.4 Å². The average Bonchev–Trinajstić information content (AvgIpc) is 3.19. The van der Waals surface area contributed by atoms with Crippen LogP contribution in [0.25, 0.3) is 0 Å². The van der Waals surface area contributed by atoms with Gasteiger partial charge in [0.15, 0.2) is 0 Å². The van der Waals surface area contributed by atoms with E-state index in [0.29, 0.717) is 37.1 Å². The van der Waals surface area contributed by atoms with E-state index in [4.69, 9.17) is 11.6 Å². The lowest BCUT2D eigenvalue weighted by atomic mass is 10.1. The van der Waals surface area contributed by atoms with Crippen molar-refractivity contribution in [3.05, 3.63) is 17.4 Å². The Labute approximate surface area is 134 Å². The van der Waals surface area contributed by atoms with Crippen molar-refractivity contribution < 1.29 is 9.59 Å². The number of hydrogen-bond acceptors (Lipinski definition) is 3. The number of aromatic nitrogens is 2. The molecule has 2 fully saturated rings. The number of likely N-dealkylation sites (tertiary alicyclic amines) is 1. The van der Waals surface area contributed by atoms with Crippen molar-refractivity contribution in [1.82, 2.24) is 20.0 Å². The summed E-state index contributed by atoms with van der Waals surface area (Å²) in [6.45, 7) is 1.64. The van der Waals surface area contributed by atoms with Crippen LogP contribution in [0.15, 0.2) is 12.4 Å². The third-order valence-corrected chi connectivity index (χ3v) is 4.73. The minimum absolute atomic E-state index is 0.0351. The van der Waals surface area contributed by atoms with E-state index in [1.807, 2.05) is 4.90 Å². The van der Waals surface area contributed by atoms with Crippen LogP contribution in [0, 0.1) is 5.92 Å². The molecular weight excluding hydrogens is 304 g/mol. The Hall–Kier alpha value is -1.56. The second kappa shape index (κ2) is 6.69. The van der Waals surface area contributed by atoms with Gasteiger partial charge in [-0.2, -0.15) is 5.10 Å². The summed E-state index contributed by atoms with van der Waals surface area (Å²) < 4.78 is 1.69. The Kier molecular flexibility index (Phi) is 4.66. The molecule has 1 N–H and O–H groups in total. The fourth-order valence-corrected chi connectivity index (χ4v) is 3.53. The molecule has 1 saturated carbocycles. The van der Waals surface area contributed by atoms with Crippen LogP contribution in [0.4, 0.5) is 0 Å². The zero-order valence-corrected chi connectivity index (χ0v) is 13.3. The van der Waals surface area contributed by atoms with Crippen LogP contribution >= 0.6 is 11.6 Å². The highest BCUT2D eigenvalue weighted by atomic mass is 35.5. The molecule has 0 bridgehead atoms. The molecule has 6 nitrogen and oxygen atoms in total. The smallest absolute Gasteiger partial charge is 0.225 e. The molecule has 0 spiro atoms. The van der Waals surface area contributed by atoms with Crippen molar-refractivity contribution in [2.24, 2.45) is 5.92 Å². The van der Waals surface area contributed by atoms with E-state index in [1.54, 1.807) is 17.1 Å². The number of rotatable bonds is 5. The number of carbonyl (C=O) groups excluding carboxylic acids is 2. The molecule has 1 atom stereocenters. The molecule has 1 saturated heterocycles. The zero-order valence-electron chi connectivity index (χ0n) is 12.5. The molecule has 22 heavy (non-hydrogen) atoms. The Bertz CT molecular complexity index is 553. The summed E-state index contributed by atoms with van der Waals surface area (Å²) in [6, 6.07) is 0.358. The van der Waals surface area contributed by atoms with Crippen LogP contribution in [0.3, 0.4) is 0 Å². The minimum Gasteiger partial charge on any atom is -0.354 e. The van der Waals surface area contributed by atoms with Crippen molar-refractivity contribution in [2.45, 2.75) is 44.7 Å². The molecule has 2 aliphatic rings. The lowest BCUT2D eigenvalue weighted by Gasteiger charge is -2.23. The first kappa shape index (κ1) is 15.3. The van der Waals surface area contributed by atoms with Crippen LogP contribution in [0.5, 0.6) is 0 Å². The fraction of sp³-hybridized carbons (Fsp3) is 0.667. The molecule has 1 aliphatic carbocycles. The number of carbonyl (C=O) groups is 2. The van der Waals surface area contributed by atoms with Gasteiger partial charge in [-0.15, -0.1) is 0 Å². The minimum atomic E-state index is -0.214. The van der Waals surface area contributed by atoms with Gasteiger partial charge in [0.2, 0.25) is 11.8 Å². The fourth-order valence-electron chi connectivity index (χ4n) is 3.37. The van der Waals surface area contributed by atoms with Crippen LogP contribution in [-0.2, 0) is 16.1 Å². The lowest BCUT2D eigenvalue weighted by Crippen LogP contribution is -2.37. The first-order valence-corrected chi connectivity index (χ1v) is 8.26. The summed E-state index contributed by atoms with van der Waals surface area (Å²) in [5, 5.41) is 7.53. The number of nitrogens with zero attached hydrogens (tertiary/aromatic N) is 3. The highest BCUT2D eigenvalue weighted by molar-refractivity contribution is 6.30. The molecule has 0 radical (unpaired) electrons. The van der Waals surface area contributed by atoms with Gasteiger partial charge in [-0.1, -0.05) is 24.4 Å². The third kappa shape index (κ3) is 3.43. The van der Waals surface area contributed by atoms with Crippen molar-refractivity contribution in [3.63, 3.8) is 0 Å². The van der Waals surface area contributed by atoms with Gasteiger partial charge in [0.1, 0.15) is 0 Å². The van der Waals surface area contributed by atoms with Crippen molar-refractivity contribution >= 4 is 23.4 Å². The number of amides is 2. The van der Waals surface area contributed by atoms with E-state index in [1.165, 1.54) is 12.8 Å². The van der Waals surface area contributed by atoms with E-state index >= 15 is 0 Å². The maximum atomic E-state index is 12.2. The van der Waals surface area contributed by atoms with Gasteiger partial charge in [-0.05, 0) is 12.8 Å². The maximum Gasteiger partial charge on any atom is 0.225 e. The topological polar surface area (TPSA) is 67.2 Å². The third-order valence-electron chi connectivity index (χ3n) is 4.54. The summed E-state index contributed by atoms with van der Waals surface area (Å²) in [5.41, 5.74) is 0. The Balaban J connectivity index is 1.45. The highest BCUT2D eigenvalue weighted by Gasteiger charge is 2.38. The standard InChI is InChI=1S/C15H21ClN4O2/c16-12-8-18-19(10-12)6-5-17-15(22)11-7-14(21)20(9-11)13-3-1-2-4-13/h8,10-11,13H,1-7,9H2,(H,17,22). The molecule has 0 aromatic carbocycles. The molecule has 1 aromatic rings. The molecule has 3 rings (SSSR count). The summed E-state index contributed by atoms with van der Waals surface area (Å²) in [5.74, 6) is -0.118. The van der Waals surface area contributed by atoms with Gasteiger partial charge in [0.05, 0.1) is 23.7 Å². The molecule has 120 valence electrons. The van der Waals surface area contributed by atoms with Crippen molar-refractivity contribution in [1.29, 1.82) is 0 Å². The number of hydrogen-bond donors (Lipinski definition) is 1. The predicted octanol–water partition coefficient (Wildman–Crippen LogP) is 1.44. The molecule has 1 aromatic heterocycles. The Morgan fingerprint density at radius 3 is 2.86 bits per heavy atom. The highest BCUT2D eigenvalue weighted by Crippen LogP contribution is 2.29. The van der Waals surface area contributed by atoms with Gasteiger partial charge in [0.25, 0.3) is 0 Å². The molecular formula is C15H21ClN4O2. The number of halogens is 1. The van der Waals surface area contributed by atoms with E-state index < -0.39 is 0 Å². The van der Waals surface area contributed by atoms with Crippen LogP contribution in [-0.4, -0.2) is 45.6 Å². The van der Waals surface area contributed by atoms with Crippen LogP contribution in [0.2, 0.25) is 5.02 Å². The Morgan fingerprint density at radius 2 is 2.18 bits per heavy atom. The number of nitrogens with one attached hydrogen (secondary N) is 1. The molecule has 7 heteroatoms. The van der Waals surface area contributed by atoms with E-state index in [0.717, 1.165) is 12.8 Å². The van der Waals surface area contributed by atoms with E-state index in [-0.39, 0.29) is 17.7 Å². The molecule has 1 unspecified atom stereocenters. The predicted molar refractivity (Wildman–Crippen MR) is 82.3 cm³/mol. The monoisotopic (exact) mass is 324 g/mol. The van der Waals surface area contributed by atoms with E-state index in [9.17, 15) is 9.59 Å². The summed E-state index contributed by atoms with van der Waals surface area (Å²) in [4.78, 5) is 26.2. The zero-order chi connectivity index (χ0) is 15.5. The lowest BCUT2D eigenvalue weighted by molar-refractivity contribution is -0.130. The van der Waals surface area contributed by atoms with Crippen molar-refractivity contribution in [3.8, 4) is 0 Å². The van der Waals surface area contributed by atoms with Crippen LogP contribution in [0.1, 0.15) is 32.1 Å². The van der Waals surface area contributed by atoms with Gasteiger partial charge < -0.3 is 10.2 Å². The summed E-state index contributed by atoms with van der Waals surface area (Å²) in [7, 11) is 0. The first-order chi connectivity index (χ1) is 10.6. The van der Waals surface area contributed by atoms with Gasteiger partial charge >= 0.3 is 0 Å². The molecule has 1 aliphatic heterocycles. The first-order valence-electron chi connectivity index (χ1n) is 7.88. The van der Waals surface area contributed by atoms with Gasteiger partial charge in [0, 0.05) is 31.7 Å². The van der Waals surface area contributed by atoms with Gasteiger partial charge in [-0.25, -0.2) is 0 Å². The Morgan fingerprint density at radius 1 is 1.41 bits per heavy atom. The second-order valence-electron chi connectivity index (χ2n) is 6.10. The van der Waals surface area contributed by atoms with Crippen molar-refractivity contribution in [2.75, 3.05) is 13.1 Å². The maximum absolute atomic E-state index is 12.2. The summed E-state index contributed by atoms with van der Waals surface area (Å²) >= 11 is 5.79. The van der Waals surface area contributed by atoms with Gasteiger partial charge in [-0.3, -0.25) is 14.3 Å². The quantitative estimate of drug-likeness (QED) is 0.891. The second-order valence-corrected chi connectivity index (χ2v) is 6.53. The largest absolute Gasteiger partial charge is 0.354 e. The summed E-state index contributed by atoms with van der Waals surface area (Å²) in [6.07, 6.45) is 8.18. The van der Waals surface area contributed by atoms with Crippen LogP contribution < -0.4 is 5.32 Å². The molecule has 2 amide bonds. The molecule has 2 heterocycles. The average molecular weight is 325 g/mol.